The maximum absolute atomic E-state index is 14.3. The second-order valence-electron chi connectivity index (χ2n) is 6.23. The lowest BCUT2D eigenvalue weighted by atomic mass is 10.0. The second-order valence-corrected chi connectivity index (χ2v) is 6.23. The average Bonchev–Trinajstić information content (AvgIpc) is 2.52. The van der Waals surface area contributed by atoms with Gasteiger partial charge in [-0.15, -0.1) is 0 Å². The number of nitrogens with two attached hydrogens (primary N) is 1. The number of rotatable bonds is 5. The van der Waals surface area contributed by atoms with E-state index in [0.29, 0.717) is 17.7 Å². The van der Waals surface area contributed by atoms with E-state index in [4.69, 9.17) is 5.73 Å². The third-order valence-electron chi connectivity index (χ3n) is 4.17. The van der Waals surface area contributed by atoms with E-state index in [9.17, 15) is 22.4 Å². The Hall–Kier alpha value is -2.41. The zero-order valence-corrected chi connectivity index (χ0v) is 14.2. The summed E-state index contributed by atoms with van der Waals surface area (Å²) in [7, 11) is 2.76. The van der Waals surface area contributed by atoms with Crippen LogP contribution in [0.1, 0.15) is 18.1 Å². The van der Waals surface area contributed by atoms with Crippen LogP contribution in [-0.2, 0) is 17.6 Å². The minimum absolute atomic E-state index is 0.161. The highest BCUT2D eigenvalue weighted by atomic mass is 19.2. The molecular formula is C18H19F4N2O+. The van der Waals surface area contributed by atoms with E-state index in [-0.39, 0.29) is 12.5 Å². The van der Waals surface area contributed by atoms with E-state index in [2.05, 4.69) is 0 Å². The largest absolute Gasteiger partial charge is 0.369 e. The average molecular weight is 355 g/mol. The minimum atomic E-state index is -1.48. The number of nitrogens with zero attached hydrogens (tertiary/aromatic N) is 1. The van der Waals surface area contributed by atoms with Crippen LogP contribution < -0.4 is 10.2 Å². The van der Waals surface area contributed by atoms with Crippen LogP contribution in [0.15, 0.2) is 24.3 Å². The number of hydrogen-bond acceptors (Lipinski definition) is 1. The van der Waals surface area contributed by atoms with Gasteiger partial charge in [0.05, 0.1) is 20.5 Å². The van der Waals surface area contributed by atoms with Gasteiger partial charge in [0.15, 0.2) is 11.6 Å². The van der Waals surface area contributed by atoms with Gasteiger partial charge in [0, 0.05) is 17.7 Å². The number of halogens is 4. The quantitative estimate of drug-likeness (QED) is 0.496. The van der Waals surface area contributed by atoms with Crippen molar-refractivity contribution in [3.63, 3.8) is 0 Å². The molecule has 0 radical (unpaired) electrons. The van der Waals surface area contributed by atoms with Crippen molar-refractivity contribution < 1.29 is 22.4 Å². The molecule has 134 valence electrons. The Bertz CT molecular complexity index is 808. The molecule has 0 fully saturated rings. The van der Waals surface area contributed by atoms with Crippen LogP contribution >= 0.6 is 0 Å². The molecule has 7 heteroatoms. The van der Waals surface area contributed by atoms with Crippen molar-refractivity contribution in [2.45, 2.75) is 19.8 Å². The highest BCUT2D eigenvalue weighted by molar-refractivity contribution is 5.79. The fourth-order valence-electron chi connectivity index (χ4n) is 2.91. The monoisotopic (exact) mass is 355 g/mol. The first-order valence-electron chi connectivity index (χ1n) is 7.67. The maximum atomic E-state index is 14.3. The van der Waals surface area contributed by atoms with E-state index in [0.717, 1.165) is 5.56 Å². The Labute approximate surface area is 143 Å². The number of carbonyl (C=O) groups excluding carboxylic acids is 1. The Balaban J connectivity index is 2.74. The number of hydrogen-bond donors (Lipinski definition) is 1. The number of aryl methyl sites for hydroxylation is 1. The van der Waals surface area contributed by atoms with Gasteiger partial charge in [0.1, 0.15) is 5.69 Å². The molecule has 2 rings (SSSR count). The van der Waals surface area contributed by atoms with Crippen molar-refractivity contribution in [2.75, 3.05) is 14.1 Å². The third-order valence-corrected chi connectivity index (χ3v) is 4.17. The summed E-state index contributed by atoms with van der Waals surface area (Å²) in [4.78, 5) is 11.4. The fourth-order valence-corrected chi connectivity index (χ4v) is 2.91. The molecular weight excluding hydrogens is 336 g/mol. The SMILES string of the molecule is CCc1ccc([N+](C)(C)c2c(F)c(F)cc(F)c2F)c(CC(N)=O)c1. The number of carbonyl (C=O) groups is 1. The van der Waals surface area contributed by atoms with Gasteiger partial charge < -0.3 is 5.73 Å². The van der Waals surface area contributed by atoms with Crippen LogP contribution in [0.2, 0.25) is 0 Å². The summed E-state index contributed by atoms with van der Waals surface area (Å²) in [6, 6.07) is 5.17. The molecule has 0 saturated heterocycles. The summed E-state index contributed by atoms with van der Waals surface area (Å²) in [5, 5.41) is 0. The molecule has 2 aromatic rings. The van der Waals surface area contributed by atoms with Crippen molar-refractivity contribution >= 4 is 17.3 Å². The highest BCUT2D eigenvalue weighted by Gasteiger charge is 2.36. The van der Waals surface area contributed by atoms with E-state index in [1.807, 2.05) is 6.92 Å². The molecule has 0 aromatic heterocycles. The molecule has 0 bridgehead atoms. The first-order chi connectivity index (χ1) is 11.6. The zero-order chi connectivity index (χ0) is 18.9. The molecule has 0 aliphatic heterocycles. The van der Waals surface area contributed by atoms with E-state index in [1.54, 1.807) is 18.2 Å². The number of benzene rings is 2. The predicted octanol–water partition coefficient (Wildman–Crippen LogP) is 3.73. The van der Waals surface area contributed by atoms with E-state index in [1.165, 1.54) is 14.1 Å². The minimum Gasteiger partial charge on any atom is -0.369 e. The molecule has 0 aliphatic rings. The molecule has 0 atom stereocenters. The lowest BCUT2D eigenvalue weighted by Gasteiger charge is -2.31. The molecule has 2 aromatic carbocycles. The zero-order valence-electron chi connectivity index (χ0n) is 14.2. The molecule has 0 unspecified atom stereocenters. The first kappa shape index (κ1) is 18.9. The van der Waals surface area contributed by atoms with Gasteiger partial charge in [-0.05, 0) is 18.1 Å². The second kappa shape index (κ2) is 6.84. The van der Waals surface area contributed by atoms with Crippen LogP contribution in [-0.4, -0.2) is 20.0 Å². The third kappa shape index (κ3) is 3.51. The molecule has 3 nitrogen and oxygen atoms in total. The lowest BCUT2D eigenvalue weighted by molar-refractivity contribution is -0.117. The van der Waals surface area contributed by atoms with Crippen molar-refractivity contribution in [3.05, 3.63) is 58.7 Å². The van der Waals surface area contributed by atoms with Gasteiger partial charge >= 0.3 is 0 Å². The van der Waals surface area contributed by atoms with Crippen LogP contribution in [0.25, 0.3) is 0 Å². The van der Waals surface area contributed by atoms with Crippen LogP contribution in [0.3, 0.4) is 0 Å². The van der Waals surface area contributed by atoms with Gasteiger partial charge in [-0.1, -0.05) is 13.0 Å². The van der Waals surface area contributed by atoms with Crippen LogP contribution in [0, 0.1) is 23.3 Å². The van der Waals surface area contributed by atoms with Gasteiger partial charge in [-0.3, -0.25) is 9.28 Å². The Morgan fingerprint density at radius 2 is 1.60 bits per heavy atom. The smallest absolute Gasteiger partial charge is 0.223 e. The van der Waals surface area contributed by atoms with Crippen LogP contribution in [0.4, 0.5) is 28.9 Å². The summed E-state index contributed by atoms with van der Waals surface area (Å²) in [6.45, 7) is 1.91. The Kier molecular flexibility index (Phi) is 5.17. The molecule has 0 spiro atoms. The summed E-state index contributed by atoms with van der Waals surface area (Å²) in [6.07, 6.45) is 0.517. The van der Waals surface area contributed by atoms with Crippen LogP contribution in [0.5, 0.6) is 0 Å². The van der Waals surface area contributed by atoms with Crippen molar-refractivity contribution in [1.29, 1.82) is 0 Å². The van der Waals surface area contributed by atoms with Crippen molar-refractivity contribution in [3.8, 4) is 0 Å². The normalized spacial score (nSPS) is 11.6. The standard InChI is InChI=1S/C18H18F4N2O/c1-4-10-5-6-14(11(7-10)8-15(23)25)24(2,3)18-16(21)12(19)9-13(20)17(18)22/h5-7,9H,4,8H2,1-3H3,(H-,23,25)/p+1. The van der Waals surface area contributed by atoms with E-state index < -0.39 is 39.3 Å². The van der Waals surface area contributed by atoms with E-state index >= 15 is 0 Å². The lowest BCUT2D eigenvalue weighted by Crippen LogP contribution is -2.38. The predicted molar refractivity (Wildman–Crippen MR) is 88.3 cm³/mol. The Morgan fingerprint density at radius 3 is 2.08 bits per heavy atom. The molecule has 0 aliphatic carbocycles. The maximum Gasteiger partial charge on any atom is 0.223 e. The highest BCUT2D eigenvalue weighted by Crippen LogP contribution is 2.39. The molecule has 0 heterocycles. The number of amides is 1. The fraction of sp³-hybridized carbons (Fsp3) is 0.278. The summed E-state index contributed by atoms with van der Waals surface area (Å²) >= 11 is 0. The van der Waals surface area contributed by atoms with Gasteiger partial charge in [0.25, 0.3) is 0 Å². The summed E-state index contributed by atoms with van der Waals surface area (Å²) in [5.41, 5.74) is 6.13. The summed E-state index contributed by atoms with van der Waals surface area (Å²) in [5.74, 6) is -6.55. The van der Waals surface area contributed by atoms with Gasteiger partial charge in [-0.25, -0.2) is 8.78 Å². The Morgan fingerprint density at radius 1 is 1.04 bits per heavy atom. The number of primary amides is 1. The first-order valence-corrected chi connectivity index (χ1v) is 7.67. The van der Waals surface area contributed by atoms with Crippen molar-refractivity contribution in [1.82, 2.24) is 4.48 Å². The topological polar surface area (TPSA) is 43.1 Å². The van der Waals surface area contributed by atoms with Gasteiger partial charge in [0.2, 0.25) is 23.2 Å². The molecule has 0 saturated carbocycles. The molecule has 1 amide bonds. The molecule has 25 heavy (non-hydrogen) atoms. The molecule has 2 N–H and O–H groups in total. The summed E-state index contributed by atoms with van der Waals surface area (Å²) < 4.78 is 55.2. The van der Waals surface area contributed by atoms with Crippen molar-refractivity contribution in [2.24, 2.45) is 5.73 Å². The number of quaternary nitrogens is 1. The van der Waals surface area contributed by atoms with Gasteiger partial charge in [-0.2, -0.15) is 8.78 Å².